The Morgan fingerprint density at radius 1 is 1.26 bits per heavy atom. The van der Waals surface area contributed by atoms with Crippen LogP contribution in [0.4, 0.5) is 4.79 Å². The van der Waals surface area contributed by atoms with Crippen LogP contribution in [0.1, 0.15) is 12.5 Å². The molecule has 10 heteroatoms. The number of sulfonamides is 1. The first-order valence-electron chi connectivity index (χ1n) is 8.66. The molecule has 0 unspecified atom stereocenters. The summed E-state index contributed by atoms with van der Waals surface area (Å²) in [5, 5.41) is 2.65. The van der Waals surface area contributed by atoms with E-state index in [0.29, 0.717) is 31.9 Å². The molecule has 1 aromatic rings. The molecule has 0 spiro atoms. The van der Waals surface area contributed by atoms with Gasteiger partial charge in [-0.15, -0.1) is 0 Å². The van der Waals surface area contributed by atoms with Crippen molar-refractivity contribution in [3.05, 3.63) is 29.8 Å². The SMILES string of the molecule is CCOC(=O)N(C)CC(=O)NCc1ccccc1S(=O)(=O)N1CCOCC1. The highest BCUT2D eigenvalue weighted by atomic mass is 32.2. The molecule has 27 heavy (non-hydrogen) atoms. The number of likely N-dealkylation sites (N-methyl/N-ethyl adjacent to an activating group) is 1. The van der Waals surface area contributed by atoms with Crippen LogP contribution in [0.3, 0.4) is 0 Å². The van der Waals surface area contributed by atoms with Gasteiger partial charge in [0.25, 0.3) is 0 Å². The summed E-state index contributed by atoms with van der Waals surface area (Å²) in [5.74, 6) is -0.413. The number of benzene rings is 1. The first-order valence-corrected chi connectivity index (χ1v) is 10.1. The van der Waals surface area contributed by atoms with E-state index < -0.39 is 22.0 Å². The second-order valence-corrected chi connectivity index (χ2v) is 7.86. The number of hydrogen-bond acceptors (Lipinski definition) is 6. The summed E-state index contributed by atoms with van der Waals surface area (Å²) in [6, 6.07) is 6.54. The third-order valence-corrected chi connectivity index (χ3v) is 6.00. The van der Waals surface area contributed by atoms with E-state index in [2.05, 4.69) is 5.32 Å². The van der Waals surface area contributed by atoms with Gasteiger partial charge in [-0.2, -0.15) is 4.31 Å². The highest BCUT2D eigenvalue weighted by Crippen LogP contribution is 2.21. The topological polar surface area (TPSA) is 105 Å². The Hall–Kier alpha value is -2.17. The number of ether oxygens (including phenoxy) is 2. The Labute approximate surface area is 159 Å². The quantitative estimate of drug-likeness (QED) is 0.712. The maximum Gasteiger partial charge on any atom is 0.409 e. The lowest BCUT2D eigenvalue weighted by molar-refractivity contribution is -0.121. The number of nitrogens with one attached hydrogen (secondary N) is 1. The lowest BCUT2D eigenvalue weighted by Gasteiger charge is -2.27. The van der Waals surface area contributed by atoms with Gasteiger partial charge < -0.3 is 19.7 Å². The second-order valence-electron chi connectivity index (χ2n) is 5.96. The van der Waals surface area contributed by atoms with Gasteiger partial charge in [0.05, 0.1) is 24.7 Å². The van der Waals surface area contributed by atoms with E-state index in [-0.39, 0.29) is 24.6 Å². The van der Waals surface area contributed by atoms with E-state index in [1.165, 1.54) is 17.4 Å². The molecule has 0 aliphatic carbocycles. The zero-order valence-corrected chi connectivity index (χ0v) is 16.3. The fourth-order valence-corrected chi connectivity index (χ4v) is 4.22. The van der Waals surface area contributed by atoms with Crippen molar-refractivity contribution in [3.8, 4) is 0 Å². The van der Waals surface area contributed by atoms with Crippen molar-refractivity contribution < 1.29 is 27.5 Å². The van der Waals surface area contributed by atoms with Crippen molar-refractivity contribution >= 4 is 22.0 Å². The average Bonchev–Trinajstić information content (AvgIpc) is 2.67. The molecule has 150 valence electrons. The van der Waals surface area contributed by atoms with Crippen LogP contribution in [0.5, 0.6) is 0 Å². The molecule has 1 heterocycles. The molecule has 9 nitrogen and oxygen atoms in total. The first-order chi connectivity index (χ1) is 12.9. The van der Waals surface area contributed by atoms with E-state index in [9.17, 15) is 18.0 Å². The van der Waals surface area contributed by atoms with Crippen molar-refractivity contribution in [2.24, 2.45) is 0 Å². The molecule has 1 aliphatic rings. The van der Waals surface area contributed by atoms with Gasteiger partial charge >= 0.3 is 6.09 Å². The molecule has 2 amide bonds. The van der Waals surface area contributed by atoms with Crippen LogP contribution in [0, 0.1) is 0 Å². The van der Waals surface area contributed by atoms with Gasteiger partial charge in [-0.3, -0.25) is 4.79 Å². The number of carbonyl (C=O) groups is 2. The molecule has 0 aromatic heterocycles. The molecule has 1 aromatic carbocycles. The van der Waals surface area contributed by atoms with Gasteiger partial charge in [0, 0.05) is 26.7 Å². The smallest absolute Gasteiger partial charge is 0.409 e. The molecule has 0 bridgehead atoms. The van der Waals surface area contributed by atoms with Crippen LogP contribution in [0.25, 0.3) is 0 Å². The number of rotatable bonds is 7. The van der Waals surface area contributed by atoms with Crippen molar-refractivity contribution in [2.45, 2.75) is 18.4 Å². The van der Waals surface area contributed by atoms with Gasteiger partial charge in [0.15, 0.2) is 0 Å². The molecule has 1 fully saturated rings. The van der Waals surface area contributed by atoms with Crippen molar-refractivity contribution in [3.63, 3.8) is 0 Å². The number of amides is 2. The fourth-order valence-electron chi connectivity index (χ4n) is 2.59. The normalized spacial score (nSPS) is 15.2. The Morgan fingerprint density at radius 3 is 2.59 bits per heavy atom. The lowest BCUT2D eigenvalue weighted by atomic mass is 10.2. The van der Waals surface area contributed by atoms with Crippen LogP contribution >= 0.6 is 0 Å². The summed E-state index contributed by atoms with van der Waals surface area (Å²) in [7, 11) is -2.21. The van der Waals surface area contributed by atoms with E-state index in [1.54, 1.807) is 25.1 Å². The van der Waals surface area contributed by atoms with Crippen LogP contribution in [0.15, 0.2) is 29.2 Å². The average molecular weight is 399 g/mol. The monoisotopic (exact) mass is 399 g/mol. The maximum atomic E-state index is 12.9. The van der Waals surface area contributed by atoms with Crippen LogP contribution in [-0.4, -0.2) is 76.1 Å². The summed E-state index contributed by atoms with van der Waals surface area (Å²) in [6.07, 6.45) is -0.594. The molecule has 2 rings (SSSR count). The molecule has 0 atom stereocenters. The third kappa shape index (κ3) is 5.65. The number of carbonyl (C=O) groups excluding carboxylic acids is 2. The van der Waals surface area contributed by atoms with Crippen LogP contribution in [-0.2, 0) is 30.8 Å². The number of hydrogen-bond donors (Lipinski definition) is 1. The van der Waals surface area contributed by atoms with Crippen molar-refractivity contribution in [2.75, 3.05) is 46.5 Å². The van der Waals surface area contributed by atoms with Gasteiger partial charge in [0.1, 0.15) is 6.54 Å². The number of nitrogens with zero attached hydrogens (tertiary/aromatic N) is 2. The van der Waals surface area contributed by atoms with E-state index in [4.69, 9.17) is 9.47 Å². The van der Waals surface area contributed by atoms with Crippen LogP contribution in [0.2, 0.25) is 0 Å². The Balaban J connectivity index is 2.03. The summed E-state index contributed by atoms with van der Waals surface area (Å²) >= 11 is 0. The molecule has 0 radical (unpaired) electrons. The molecular weight excluding hydrogens is 374 g/mol. The minimum Gasteiger partial charge on any atom is -0.450 e. The molecule has 1 aliphatic heterocycles. The van der Waals surface area contributed by atoms with Gasteiger partial charge in [-0.25, -0.2) is 13.2 Å². The zero-order chi connectivity index (χ0) is 19.9. The van der Waals surface area contributed by atoms with Gasteiger partial charge in [-0.1, -0.05) is 18.2 Å². The van der Waals surface area contributed by atoms with Crippen molar-refractivity contribution in [1.82, 2.24) is 14.5 Å². The van der Waals surface area contributed by atoms with Gasteiger partial charge in [0.2, 0.25) is 15.9 Å². The molecular formula is C17H25N3O6S. The summed E-state index contributed by atoms with van der Waals surface area (Å²) in [4.78, 5) is 24.9. The predicted molar refractivity (Wildman–Crippen MR) is 97.5 cm³/mol. The van der Waals surface area contributed by atoms with E-state index in [1.807, 2.05) is 0 Å². The van der Waals surface area contributed by atoms with E-state index >= 15 is 0 Å². The summed E-state index contributed by atoms with van der Waals surface area (Å²) in [6.45, 7) is 3.07. The minimum atomic E-state index is -3.67. The lowest BCUT2D eigenvalue weighted by Crippen LogP contribution is -2.41. The highest BCUT2D eigenvalue weighted by Gasteiger charge is 2.28. The Kier molecular flexibility index (Phi) is 7.57. The fraction of sp³-hybridized carbons (Fsp3) is 0.529. The van der Waals surface area contributed by atoms with Crippen LogP contribution < -0.4 is 5.32 Å². The van der Waals surface area contributed by atoms with Gasteiger partial charge in [-0.05, 0) is 18.6 Å². The summed E-state index contributed by atoms with van der Waals surface area (Å²) in [5.41, 5.74) is 0.483. The first kappa shape index (κ1) is 21.1. The largest absolute Gasteiger partial charge is 0.450 e. The highest BCUT2D eigenvalue weighted by molar-refractivity contribution is 7.89. The molecule has 0 saturated carbocycles. The van der Waals surface area contributed by atoms with E-state index in [0.717, 1.165) is 4.90 Å². The third-order valence-electron chi connectivity index (χ3n) is 4.00. The number of morpholine rings is 1. The summed E-state index contributed by atoms with van der Waals surface area (Å²) < 4.78 is 37.2. The van der Waals surface area contributed by atoms with Crippen molar-refractivity contribution in [1.29, 1.82) is 0 Å². The molecule has 1 saturated heterocycles. The Bertz CT molecular complexity index is 762. The minimum absolute atomic E-state index is 0.0369. The zero-order valence-electron chi connectivity index (χ0n) is 15.5. The second kappa shape index (κ2) is 9.67. The Morgan fingerprint density at radius 2 is 1.93 bits per heavy atom. The maximum absolute atomic E-state index is 12.9. The molecule has 1 N–H and O–H groups in total. The predicted octanol–water partition coefficient (Wildman–Crippen LogP) is 0.412. The standard InChI is InChI=1S/C17H25N3O6S/c1-3-26-17(22)19(2)13-16(21)18-12-14-6-4-5-7-15(14)27(23,24)20-8-10-25-11-9-20/h4-7H,3,8-13H2,1-2H3,(H,18,21).